The minimum Gasteiger partial charge on any atom is -0.349 e. The van der Waals surface area contributed by atoms with Gasteiger partial charge in [0.25, 0.3) is 0 Å². The van der Waals surface area contributed by atoms with E-state index in [4.69, 9.17) is 4.98 Å². The standard InChI is InChI=1S/C19H23N4/c1-23(2,3)14-13-20-19-21-17-12-8-7-11-16(17)18(22-19)15-9-5-4-6-10-15/h4-12H,13-14H2,1-3H3,(H,20,21,22)/q+1. The second-order valence-electron chi connectivity index (χ2n) is 6.72. The molecule has 0 spiro atoms. The van der Waals surface area contributed by atoms with E-state index < -0.39 is 0 Å². The van der Waals surface area contributed by atoms with Crippen LogP contribution in [-0.4, -0.2) is 48.7 Å². The highest BCUT2D eigenvalue weighted by Crippen LogP contribution is 2.26. The second-order valence-corrected chi connectivity index (χ2v) is 6.72. The molecular weight excluding hydrogens is 284 g/mol. The number of anilines is 1. The van der Waals surface area contributed by atoms with Crippen molar-refractivity contribution >= 4 is 16.9 Å². The molecule has 1 N–H and O–H groups in total. The average molecular weight is 307 g/mol. The van der Waals surface area contributed by atoms with E-state index in [2.05, 4.69) is 49.6 Å². The minimum atomic E-state index is 0.691. The topological polar surface area (TPSA) is 37.8 Å². The lowest BCUT2D eigenvalue weighted by atomic mass is 10.1. The molecule has 1 aromatic heterocycles. The van der Waals surface area contributed by atoms with Crippen molar-refractivity contribution in [2.24, 2.45) is 0 Å². The third kappa shape index (κ3) is 3.85. The van der Waals surface area contributed by atoms with Crippen molar-refractivity contribution < 1.29 is 4.48 Å². The molecule has 1 heterocycles. The zero-order valence-electron chi connectivity index (χ0n) is 14.0. The highest BCUT2D eigenvalue weighted by atomic mass is 15.3. The van der Waals surface area contributed by atoms with Crippen LogP contribution >= 0.6 is 0 Å². The first-order chi connectivity index (χ1) is 11.0. The Bertz CT molecular complexity index is 791. The molecule has 0 unspecified atom stereocenters. The van der Waals surface area contributed by atoms with Crippen LogP contribution in [0.4, 0.5) is 5.95 Å². The summed E-state index contributed by atoms with van der Waals surface area (Å²) in [5.74, 6) is 0.691. The van der Waals surface area contributed by atoms with E-state index in [0.29, 0.717) is 5.95 Å². The average Bonchev–Trinajstić information content (AvgIpc) is 2.54. The Morgan fingerprint density at radius 3 is 2.30 bits per heavy atom. The molecule has 0 aliphatic carbocycles. The molecule has 0 aliphatic heterocycles. The lowest BCUT2D eigenvalue weighted by Gasteiger charge is -2.23. The number of hydrogen-bond acceptors (Lipinski definition) is 3. The quantitative estimate of drug-likeness (QED) is 0.734. The molecule has 0 amide bonds. The van der Waals surface area contributed by atoms with Gasteiger partial charge in [-0.3, -0.25) is 0 Å². The maximum absolute atomic E-state index is 4.76. The molecule has 118 valence electrons. The molecule has 3 aromatic rings. The Labute approximate surface area is 137 Å². The van der Waals surface area contributed by atoms with Gasteiger partial charge in [0, 0.05) is 10.9 Å². The zero-order chi connectivity index (χ0) is 16.3. The van der Waals surface area contributed by atoms with Crippen LogP contribution in [0, 0.1) is 0 Å². The van der Waals surface area contributed by atoms with Gasteiger partial charge in [0.2, 0.25) is 5.95 Å². The van der Waals surface area contributed by atoms with Crippen molar-refractivity contribution in [1.82, 2.24) is 9.97 Å². The summed E-state index contributed by atoms with van der Waals surface area (Å²) in [5, 5.41) is 4.45. The first kappa shape index (κ1) is 15.4. The maximum atomic E-state index is 4.76. The fourth-order valence-electron chi connectivity index (χ4n) is 2.47. The number of aromatic nitrogens is 2. The van der Waals surface area contributed by atoms with E-state index in [1.807, 2.05) is 36.4 Å². The maximum Gasteiger partial charge on any atom is 0.224 e. The van der Waals surface area contributed by atoms with Crippen LogP contribution in [0.15, 0.2) is 54.6 Å². The summed E-state index contributed by atoms with van der Waals surface area (Å²) in [6.45, 7) is 1.85. The van der Waals surface area contributed by atoms with E-state index in [-0.39, 0.29) is 0 Å². The smallest absolute Gasteiger partial charge is 0.224 e. The summed E-state index contributed by atoms with van der Waals surface area (Å²) >= 11 is 0. The van der Waals surface area contributed by atoms with E-state index >= 15 is 0 Å². The second kappa shape index (κ2) is 6.34. The lowest BCUT2D eigenvalue weighted by molar-refractivity contribution is -0.868. The van der Waals surface area contributed by atoms with Crippen molar-refractivity contribution in [3.05, 3.63) is 54.6 Å². The number of quaternary nitrogens is 1. The van der Waals surface area contributed by atoms with Crippen molar-refractivity contribution in [3.63, 3.8) is 0 Å². The molecule has 3 rings (SSSR count). The highest BCUT2D eigenvalue weighted by molar-refractivity contribution is 5.93. The number of fused-ring (bicyclic) bond motifs is 1. The summed E-state index contributed by atoms with van der Waals surface area (Å²) in [6.07, 6.45) is 0. The Hall–Kier alpha value is -2.46. The van der Waals surface area contributed by atoms with E-state index in [1.165, 1.54) is 0 Å². The number of likely N-dealkylation sites (N-methyl/N-ethyl adjacent to an activating group) is 1. The van der Waals surface area contributed by atoms with Crippen LogP contribution in [-0.2, 0) is 0 Å². The molecule has 0 fully saturated rings. The van der Waals surface area contributed by atoms with Gasteiger partial charge >= 0.3 is 0 Å². The van der Waals surface area contributed by atoms with Gasteiger partial charge in [-0.2, -0.15) is 0 Å². The molecule has 0 saturated carbocycles. The van der Waals surface area contributed by atoms with Crippen molar-refractivity contribution in [2.75, 3.05) is 39.5 Å². The predicted octanol–water partition coefficient (Wildman–Crippen LogP) is 3.41. The molecule has 23 heavy (non-hydrogen) atoms. The lowest BCUT2D eigenvalue weighted by Crippen LogP contribution is -2.38. The van der Waals surface area contributed by atoms with Crippen molar-refractivity contribution in [3.8, 4) is 11.3 Å². The van der Waals surface area contributed by atoms with Crippen molar-refractivity contribution in [2.45, 2.75) is 0 Å². The van der Waals surface area contributed by atoms with E-state index in [1.54, 1.807) is 0 Å². The van der Waals surface area contributed by atoms with Crippen LogP contribution in [0.1, 0.15) is 0 Å². The van der Waals surface area contributed by atoms with Gasteiger partial charge < -0.3 is 9.80 Å². The normalized spacial score (nSPS) is 11.6. The SMILES string of the molecule is C[N+](C)(C)CCNc1nc(-c2ccccc2)c2ccccc2n1. The molecule has 2 aromatic carbocycles. The molecule has 0 atom stereocenters. The van der Waals surface area contributed by atoms with Crippen LogP contribution in [0.2, 0.25) is 0 Å². The monoisotopic (exact) mass is 307 g/mol. The fourth-order valence-corrected chi connectivity index (χ4v) is 2.47. The summed E-state index contributed by atoms with van der Waals surface area (Å²) in [6, 6.07) is 18.4. The van der Waals surface area contributed by atoms with Gasteiger partial charge in [-0.05, 0) is 6.07 Å². The largest absolute Gasteiger partial charge is 0.349 e. The number of nitrogens with zero attached hydrogens (tertiary/aromatic N) is 3. The number of benzene rings is 2. The van der Waals surface area contributed by atoms with Crippen LogP contribution in [0.5, 0.6) is 0 Å². The Morgan fingerprint density at radius 1 is 0.870 bits per heavy atom. The number of hydrogen-bond donors (Lipinski definition) is 1. The molecule has 4 heteroatoms. The summed E-state index contributed by atoms with van der Waals surface area (Å²) in [5.41, 5.74) is 3.05. The molecule has 0 aliphatic rings. The molecule has 4 nitrogen and oxygen atoms in total. The third-order valence-electron chi connectivity index (χ3n) is 3.72. The highest BCUT2D eigenvalue weighted by Gasteiger charge is 2.11. The molecule has 0 saturated heterocycles. The Kier molecular flexibility index (Phi) is 4.26. The van der Waals surface area contributed by atoms with Gasteiger partial charge in [0.15, 0.2) is 0 Å². The zero-order valence-corrected chi connectivity index (χ0v) is 14.0. The molecule has 0 radical (unpaired) electrons. The van der Waals surface area contributed by atoms with Crippen LogP contribution < -0.4 is 5.32 Å². The fraction of sp³-hybridized carbons (Fsp3) is 0.263. The van der Waals surface area contributed by atoms with Crippen LogP contribution in [0.25, 0.3) is 22.2 Å². The number of para-hydroxylation sites is 1. The van der Waals surface area contributed by atoms with Gasteiger partial charge in [0.1, 0.15) is 0 Å². The minimum absolute atomic E-state index is 0.691. The molecular formula is C19H23N4+. The Balaban J connectivity index is 1.97. The predicted molar refractivity (Wildman–Crippen MR) is 96.4 cm³/mol. The van der Waals surface area contributed by atoms with Crippen molar-refractivity contribution in [1.29, 1.82) is 0 Å². The number of rotatable bonds is 5. The Morgan fingerprint density at radius 2 is 1.57 bits per heavy atom. The van der Waals surface area contributed by atoms with E-state index in [9.17, 15) is 0 Å². The van der Waals surface area contributed by atoms with Gasteiger partial charge in [0.05, 0.1) is 45.4 Å². The molecule has 0 bridgehead atoms. The summed E-state index contributed by atoms with van der Waals surface area (Å²) < 4.78 is 0.909. The first-order valence-corrected chi connectivity index (χ1v) is 7.89. The van der Waals surface area contributed by atoms with Gasteiger partial charge in [-0.15, -0.1) is 0 Å². The van der Waals surface area contributed by atoms with Gasteiger partial charge in [-0.1, -0.05) is 48.5 Å². The third-order valence-corrected chi connectivity index (χ3v) is 3.72. The summed E-state index contributed by atoms with van der Waals surface area (Å²) in [7, 11) is 6.54. The summed E-state index contributed by atoms with van der Waals surface area (Å²) in [4.78, 5) is 9.41. The first-order valence-electron chi connectivity index (χ1n) is 7.89. The van der Waals surface area contributed by atoms with E-state index in [0.717, 1.165) is 39.7 Å². The van der Waals surface area contributed by atoms with Gasteiger partial charge in [-0.25, -0.2) is 9.97 Å². The van der Waals surface area contributed by atoms with Crippen LogP contribution in [0.3, 0.4) is 0 Å². The number of nitrogens with one attached hydrogen (secondary N) is 1.